The minimum absolute atomic E-state index is 0.186. The molecule has 0 fully saturated rings. The van der Waals surface area contributed by atoms with Crippen LogP contribution in [0.5, 0.6) is 0 Å². The number of carboxylic acids is 1. The number of halogens is 1. The van der Waals surface area contributed by atoms with Crippen molar-refractivity contribution < 1.29 is 19.1 Å². The molecule has 1 aromatic carbocycles. The predicted molar refractivity (Wildman–Crippen MR) is 72.8 cm³/mol. The zero-order valence-electron chi connectivity index (χ0n) is 11.7. The lowest BCUT2D eigenvalue weighted by molar-refractivity contribution is -0.138. The third-order valence-electron chi connectivity index (χ3n) is 2.74. The first kappa shape index (κ1) is 15.9. The number of hydrogen-bond donors (Lipinski definition) is 3. The fourth-order valence-corrected chi connectivity index (χ4v) is 1.82. The van der Waals surface area contributed by atoms with Gasteiger partial charge in [0.15, 0.2) is 0 Å². The number of carbonyl (C=O) groups excluding carboxylic acids is 1. The topological polar surface area (TPSA) is 78.4 Å². The molecule has 0 spiro atoms. The van der Waals surface area contributed by atoms with Gasteiger partial charge in [-0.05, 0) is 38.5 Å². The van der Waals surface area contributed by atoms with E-state index in [0.717, 1.165) is 0 Å². The Morgan fingerprint density at radius 1 is 1.40 bits per heavy atom. The first-order valence-electron chi connectivity index (χ1n) is 6.25. The quantitative estimate of drug-likeness (QED) is 0.776. The Bertz CT molecular complexity index is 503. The van der Waals surface area contributed by atoms with Crippen LogP contribution in [0.4, 0.5) is 9.18 Å². The van der Waals surface area contributed by atoms with Crippen molar-refractivity contribution in [2.75, 3.05) is 0 Å². The average Bonchev–Trinajstić information content (AvgIpc) is 2.25. The number of carboxylic acid groups (broad SMARTS) is 1. The second-order valence-corrected chi connectivity index (χ2v) is 5.33. The first-order chi connectivity index (χ1) is 9.19. The van der Waals surface area contributed by atoms with E-state index in [1.54, 1.807) is 32.9 Å². The number of amides is 2. The highest BCUT2D eigenvalue weighted by Crippen LogP contribution is 2.14. The molecule has 0 aromatic heterocycles. The molecule has 0 heterocycles. The molecular weight excluding hydrogens is 263 g/mol. The van der Waals surface area contributed by atoms with E-state index in [1.165, 1.54) is 12.1 Å². The van der Waals surface area contributed by atoms with Gasteiger partial charge in [-0.2, -0.15) is 0 Å². The number of aliphatic carboxylic acids is 1. The number of urea groups is 1. The molecule has 1 rings (SSSR count). The van der Waals surface area contributed by atoms with Crippen LogP contribution >= 0.6 is 0 Å². The fourth-order valence-electron chi connectivity index (χ4n) is 1.82. The van der Waals surface area contributed by atoms with Crippen molar-refractivity contribution in [3.63, 3.8) is 0 Å². The summed E-state index contributed by atoms with van der Waals surface area (Å²) in [5.41, 5.74) is -0.228. The van der Waals surface area contributed by atoms with E-state index in [1.807, 2.05) is 0 Å². The largest absolute Gasteiger partial charge is 0.481 e. The SMILES string of the molecule is CC(NC(=O)NC(C)(C)CC(=O)O)c1cccc(F)c1. The van der Waals surface area contributed by atoms with Crippen molar-refractivity contribution in [2.45, 2.75) is 38.8 Å². The minimum atomic E-state index is -0.992. The molecule has 1 aromatic rings. The molecule has 110 valence electrons. The standard InChI is InChI=1S/C14H19FN2O3/c1-9(10-5-4-6-11(15)7-10)16-13(20)17-14(2,3)8-12(18)19/h4-7,9H,8H2,1-3H3,(H,18,19)(H2,16,17,20). The van der Waals surface area contributed by atoms with E-state index < -0.39 is 17.5 Å². The lowest BCUT2D eigenvalue weighted by Crippen LogP contribution is -2.49. The maximum absolute atomic E-state index is 13.1. The van der Waals surface area contributed by atoms with Crippen molar-refractivity contribution in [3.05, 3.63) is 35.6 Å². The Hall–Kier alpha value is -2.11. The van der Waals surface area contributed by atoms with E-state index in [0.29, 0.717) is 5.56 Å². The molecule has 0 aliphatic heterocycles. The van der Waals surface area contributed by atoms with Gasteiger partial charge >= 0.3 is 12.0 Å². The number of nitrogens with one attached hydrogen (secondary N) is 2. The Morgan fingerprint density at radius 2 is 2.05 bits per heavy atom. The number of carbonyl (C=O) groups is 2. The first-order valence-corrected chi connectivity index (χ1v) is 6.25. The summed E-state index contributed by atoms with van der Waals surface area (Å²) in [7, 11) is 0. The summed E-state index contributed by atoms with van der Waals surface area (Å²) in [4.78, 5) is 22.5. The molecule has 0 saturated carbocycles. The lowest BCUT2D eigenvalue weighted by Gasteiger charge is -2.25. The summed E-state index contributed by atoms with van der Waals surface area (Å²) in [5.74, 6) is -1.36. The molecule has 0 radical (unpaired) electrons. The van der Waals surface area contributed by atoms with Crippen LogP contribution in [0.15, 0.2) is 24.3 Å². The Morgan fingerprint density at radius 3 is 2.60 bits per heavy atom. The monoisotopic (exact) mass is 282 g/mol. The van der Waals surface area contributed by atoms with Crippen LogP contribution < -0.4 is 10.6 Å². The molecule has 20 heavy (non-hydrogen) atoms. The third-order valence-corrected chi connectivity index (χ3v) is 2.74. The van der Waals surface area contributed by atoms with Gasteiger partial charge in [0.25, 0.3) is 0 Å². The summed E-state index contributed by atoms with van der Waals surface area (Å²) >= 11 is 0. The van der Waals surface area contributed by atoms with Crippen LogP contribution in [0.2, 0.25) is 0 Å². The zero-order chi connectivity index (χ0) is 15.3. The number of hydrogen-bond acceptors (Lipinski definition) is 2. The van der Waals surface area contributed by atoms with Crippen LogP contribution in [0, 0.1) is 5.82 Å². The van der Waals surface area contributed by atoms with Gasteiger partial charge in [0.05, 0.1) is 12.5 Å². The van der Waals surface area contributed by atoms with Crippen molar-refractivity contribution in [1.82, 2.24) is 10.6 Å². The van der Waals surface area contributed by atoms with Gasteiger partial charge in [-0.3, -0.25) is 4.79 Å². The molecule has 0 bridgehead atoms. The molecule has 1 atom stereocenters. The predicted octanol–water partition coefficient (Wildman–Crippen LogP) is 2.44. The van der Waals surface area contributed by atoms with E-state index in [4.69, 9.17) is 5.11 Å². The van der Waals surface area contributed by atoms with Crippen LogP contribution in [0.1, 0.15) is 38.8 Å². The van der Waals surface area contributed by atoms with Crippen molar-refractivity contribution >= 4 is 12.0 Å². The smallest absolute Gasteiger partial charge is 0.315 e. The van der Waals surface area contributed by atoms with Crippen molar-refractivity contribution in [3.8, 4) is 0 Å². The van der Waals surface area contributed by atoms with Gasteiger partial charge in [-0.1, -0.05) is 12.1 Å². The summed E-state index contributed by atoms with van der Waals surface area (Å²) in [6.45, 7) is 4.96. The molecule has 3 N–H and O–H groups in total. The summed E-state index contributed by atoms with van der Waals surface area (Å²) in [6.07, 6.45) is -0.186. The van der Waals surface area contributed by atoms with E-state index in [9.17, 15) is 14.0 Å². The second kappa shape index (κ2) is 6.36. The van der Waals surface area contributed by atoms with Gasteiger partial charge in [0, 0.05) is 5.54 Å². The Labute approximate surface area is 117 Å². The van der Waals surface area contributed by atoms with E-state index in [2.05, 4.69) is 10.6 Å². The van der Waals surface area contributed by atoms with E-state index >= 15 is 0 Å². The minimum Gasteiger partial charge on any atom is -0.481 e. The molecule has 6 heteroatoms. The highest BCUT2D eigenvalue weighted by molar-refractivity contribution is 5.77. The normalized spacial score (nSPS) is 12.6. The molecule has 0 aliphatic carbocycles. The number of rotatable bonds is 5. The van der Waals surface area contributed by atoms with Crippen molar-refractivity contribution in [2.24, 2.45) is 0 Å². The molecule has 0 saturated heterocycles. The summed E-state index contributed by atoms with van der Waals surface area (Å²) < 4.78 is 13.1. The molecule has 1 unspecified atom stereocenters. The molecule has 0 aliphatic rings. The van der Waals surface area contributed by atoms with Gasteiger partial charge < -0.3 is 15.7 Å². The van der Waals surface area contributed by atoms with Gasteiger partial charge in [-0.15, -0.1) is 0 Å². The highest BCUT2D eigenvalue weighted by Gasteiger charge is 2.24. The maximum Gasteiger partial charge on any atom is 0.315 e. The second-order valence-electron chi connectivity index (χ2n) is 5.33. The summed E-state index contributed by atoms with van der Waals surface area (Å²) in [5, 5.41) is 14.0. The van der Waals surface area contributed by atoms with Crippen LogP contribution in [-0.2, 0) is 4.79 Å². The number of benzene rings is 1. The van der Waals surface area contributed by atoms with Gasteiger partial charge in [0.2, 0.25) is 0 Å². The fraction of sp³-hybridized carbons (Fsp3) is 0.429. The van der Waals surface area contributed by atoms with Crippen LogP contribution in [0.3, 0.4) is 0 Å². The lowest BCUT2D eigenvalue weighted by atomic mass is 10.0. The Balaban J connectivity index is 2.60. The van der Waals surface area contributed by atoms with Crippen LogP contribution in [-0.4, -0.2) is 22.6 Å². The highest BCUT2D eigenvalue weighted by atomic mass is 19.1. The van der Waals surface area contributed by atoms with Gasteiger partial charge in [-0.25, -0.2) is 9.18 Å². The molecule has 5 nitrogen and oxygen atoms in total. The zero-order valence-corrected chi connectivity index (χ0v) is 11.7. The average molecular weight is 282 g/mol. The Kier molecular flexibility index (Phi) is 5.07. The van der Waals surface area contributed by atoms with E-state index in [-0.39, 0.29) is 18.3 Å². The van der Waals surface area contributed by atoms with Gasteiger partial charge in [0.1, 0.15) is 5.82 Å². The maximum atomic E-state index is 13.1. The summed E-state index contributed by atoms with van der Waals surface area (Å²) in [6, 6.07) is 5.06. The van der Waals surface area contributed by atoms with Crippen molar-refractivity contribution in [1.29, 1.82) is 0 Å². The molecule has 2 amide bonds. The molecular formula is C14H19FN2O3. The van der Waals surface area contributed by atoms with Crippen LogP contribution in [0.25, 0.3) is 0 Å². The third kappa shape index (κ3) is 5.26.